The van der Waals surface area contributed by atoms with Gasteiger partial charge in [0.15, 0.2) is 0 Å². The summed E-state index contributed by atoms with van der Waals surface area (Å²) in [5, 5.41) is 4.46. The van der Waals surface area contributed by atoms with Crippen LogP contribution in [-0.4, -0.2) is 5.71 Å². The van der Waals surface area contributed by atoms with Gasteiger partial charge in [0.05, 0.1) is 5.71 Å². The zero-order valence-electron chi connectivity index (χ0n) is 12.2. The van der Waals surface area contributed by atoms with Crippen LogP contribution in [0.1, 0.15) is 50.2 Å². The molecule has 2 nitrogen and oxygen atoms in total. The van der Waals surface area contributed by atoms with Crippen molar-refractivity contribution in [3.8, 4) is 0 Å². The number of hydrogen-bond donors (Lipinski definition) is 1. The molecule has 104 valence electrons. The zero-order chi connectivity index (χ0) is 13.9. The first kappa shape index (κ1) is 13.2. The molecule has 3 rings (SSSR count). The lowest BCUT2D eigenvalue weighted by Crippen LogP contribution is -2.25. The highest BCUT2D eigenvalue weighted by atomic mass is 15.3. The predicted molar refractivity (Wildman–Crippen MR) is 85.5 cm³/mol. The maximum absolute atomic E-state index is 4.46. The van der Waals surface area contributed by atoms with Crippen molar-refractivity contribution < 1.29 is 0 Å². The molecule has 0 unspecified atom stereocenters. The molecule has 20 heavy (non-hydrogen) atoms. The number of benzene rings is 1. The van der Waals surface area contributed by atoms with Gasteiger partial charge in [0, 0.05) is 11.6 Å². The van der Waals surface area contributed by atoms with Crippen molar-refractivity contribution in [2.75, 3.05) is 0 Å². The molecule has 0 spiro atoms. The van der Waals surface area contributed by atoms with Crippen LogP contribution in [0.2, 0.25) is 0 Å². The molecular weight excluding hydrogens is 244 g/mol. The van der Waals surface area contributed by atoms with Gasteiger partial charge in [-0.15, -0.1) is 0 Å². The first-order chi connectivity index (χ1) is 9.74. The molecule has 1 heterocycles. The molecule has 2 heteroatoms. The Labute approximate surface area is 121 Å². The van der Waals surface area contributed by atoms with Crippen LogP contribution in [-0.2, 0) is 0 Å². The standard InChI is InChI=1S/C18H22N2/c1-13-12-14(2)19-20-18(13)17-10-8-16(9-11-17)15-6-4-3-5-7-15/h6,8-11,13,19H,2-5,7,12H2,1H3/t13-/m1/s1. The first-order valence-electron chi connectivity index (χ1n) is 7.55. The second-order valence-electron chi connectivity index (χ2n) is 5.87. The summed E-state index contributed by atoms with van der Waals surface area (Å²) in [6.45, 7) is 6.15. The molecule has 2 aliphatic rings. The van der Waals surface area contributed by atoms with E-state index in [1.807, 2.05) is 0 Å². The maximum atomic E-state index is 4.46. The summed E-state index contributed by atoms with van der Waals surface area (Å²) < 4.78 is 0. The Hall–Kier alpha value is -1.83. The number of hydrazone groups is 1. The third-order valence-electron chi connectivity index (χ3n) is 4.20. The van der Waals surface area contributed by atoms with Gasteiger partial charge >= 0.3 is 0 Å². The highest BCUT2D eigenvalue weighted by Gasteiger charge is 2.18. The first-order valence-corrected chi connectivity index (χ1v) is 7.55. The number of allylic oxidation sites excluding steroid dienone is 3. The molecule has 0 aromatic heterocycles. The van der Waals surface area contributed by atoms with Gasteiger partial charge in [0.1, 0.15) is 0 Å². The van der Waals surface area contributed by atoms with E-state index in [1.54, 1.807) is 0 Å². The predicted octanol–water partition coefficient (Wildman–Crippen LogP) is 4.49. The molecular formula is C18H22N2. The lowest BCUT2D eigenvalue weighted by atomic mass is 9.90. The fourth-order valence-corrected chi connectivity index (χ4v) is 3.07. The Bertz CT molecular complexity index is 564. The van der Waals surface area contributed by atoms with Crippen molar-refractivity contribution >= 4 is 11.3 Å². The van der Waals surface area contributed by atoms with E-state index in [-0.39, 0.29) is 0 Å². The molecule has 0 saturated heterocycles. The summed E-state index contributed by atoms with van der Waals surface area (Å²) in [5.41, 5.74) is 9.26. The molecule has 1 atom stereocenters. The molecule has 0 amide bonds. The van der Waals surface area contributed by atoms with E-state index >= 15 is 0 Å². The van der Waals surface area contributed by atoms with Crippen LogP contribution < -0.4 is 5.43 Å². The maximum Gasteiger partial charge on any atom is 0.0711 e. The van der Waals surface area contributed by atoms with Crippen LogP contribution in [0.25, 0.3) is 5.57 Å². The lowest BCUT2D eigenvalue weighted by Gasteiger charge is -2.22. The Morgan fingerprint density at radius 1 is 1.15 bits per heavy atom. The number of rotatable bonds is 2. The summed E-state index contributed by atoms with van der Waals surface area (Å²) >= 11 is 0. The van der Waals surface area contributed by atoms with E-state index in [9.17, 15) is 0 Å². The number of nitrogens with zero attached hydrogens (tertiary/aromatic N) is 1. The van der Waals surface area contributed by atoms with Gasteiger partial charge in [-0.05, 0) is 48.8 Å². The smallest absolute Gasteiger partial charge is 0.0711 e. The minimum absolute atomic E-state index is 0.434. The van der Waals surface area contributed by atoms with Crippen LogP contribution in [0.3, 0.4) is 0 Å². The third kappa shape index (κ3) is 2.69. The SMILES string of the molecule is C=C1C[C@@H](C)C(c2ccc(C3=CCCCC3)cc2)=NN1. The van der Waals surface area contributed by atoms with Crippen molar-refractivity contribution in [1.82, 2.24) is 5.43 Å². The second-order valence-corrected chi connectivity index (χ2v) is 5.87. The molecule has 0 radical (unpaired) electrons. The average molecular weight is 266 g/mol. The zero-order valence-corrected chi connectivity index (χ0v) is 12.2. The number of nitrogens with one attached hydrogen (secondary N) is 1. The van der Waals surface area contributed by atoms with Crippen LogP contribution in [0.15, 0.2) is 47.7 Å². The van der Waals surface area contributed by atoms with Crippen molar-refractivity contribution in [2.45, 2.75) is 39.0 Å². The van der Waals surface area contributed by atoms with Gasteiger partial charge < -0.3 is 0 Å². The van der Waals surface area contributed by atoms with Gasteiger partial charge in [0.25, 0.3) is 0 Å². The lowest BCUT2D eigenvalue weighted by molar-refractivity contribution is 0.653. The second kappa shape index (κ2) is 5.66. The Balaban J connectivity index is 1.82. The highest BCUT2D eigenvalue weighted by Crippen LogP contribution is 2.27. The topological polar surface area (TPSA) is 24.4 Å². The average Bonchev–Trinajstić information content (AvgIpc) is 2.48. The molecule has 1 aromatic rings. The summed E-state index contributed by atoms with van der Waals surface area (Å²) in [6.07, 6.45) is 8.47. The van der Waals surface area contributed by atoms with Crippen LogP contribution in [0, 0.1) is 5.92 Å². The van der Waals surface area contributed by atoms with E-state index in [4.69, 9.17) is 0 Å². The monoisotopic (exact) mass is 266 g/mol. The van der Waals surface area contributed by atoms with Gasteiger partial charge in [-0.2, -0.15) is 5.10 Å². The van der Waals surface area contributed by atoms with Crippen LogP contribution in [0.4, 0.5) is 0 Å². The van der Waals surface area contributed by atoms with Crippen LogP contribution in [0.5, 0.6) is 0 Å². The summed E-state index contributed by atoms with van der Waals surface area (Å²) in [5.74, 6) is 0.434. The van der Waals surface area contributed by atoms with E-state index in [2.05, 4.69) is 54.4 Å². The Kier molecular flexibility index (Phi) is 3.72. The van der Waals surface area contributed by atoms with Gasteiger partial charge in [0.2, 0.25) is 0 Å². The Morgan fingerprint density at radius 2 is 1.90 bits per heavy atom. The summed E-state index contributed by atoms with van der Waals surface area (Å²) in [7, 11) is 0. The highest BCUT2D eigenvalue weighted by molar-refractivity contribution is 6.02. The van der Waals surface area contributed by atoms with E-state index in [0.29, 0.717) is 5.92 Å². The molecule has 0 fully saturated rings. The third-order valence-corrected chi connectivity index (χ3v) is 4.20. The van der Waals surface area contributed by atoms with Gasteiger partial charge in [-0.1, -0.05) is 43.8 Å². The molecule has 0 bridgehead atoms. The fourth-order valence-electron chi connectivity index (χ4n) is 3.07. The largest absolute Gasteiger partial charge is 0.283 e. The fraction of sp³-hybridized carbons (Fsp3) is 0.389. The minimum Gasteiger partial charge on any atom is -0.283 e. The van der Waals surface area contributed by atoms with E-state index < -0.39 is 0 Å². The van der Waals surface area contributed by atoms with Crippen molar-refractivity contribution in [1.29, 1.82) is 0 Å². The molecule has 0 saturated carbocycles. The van der Waals surface area contributed by atoms with Crippen molar-refractivity contribution in [3.63, 3.8) is 0 Å². The van der Waals surface area contributed by atoms with Gasteiger partial charge in [-0.25, -0.2) is 0 Å². The van der Waals surface area contributed by atoms with Gasteiger partial charge in [-0.3, -0.25) is 5.43 Å². The molecule has 1 aliphatic carbocycles. The summed E-state index contributed by atoms with van der Waals surface area (Å²) in [4.78, 5) is 0. The molecule has 1 aliphatic heterocycles. The minimum atomic E-state index is 0.434. The van der Waals surface area contributed by atoms with Crippen LogP contribution >= 0.6 is 0 Å². The molecule has 1 aromatic carbocycles. The van der Waals surface area contributed by atoms with E-state index in [1.165, 1.54) is 42.4 Å². The van der Waals surface area contributed by atoms with Crippen molar-refractivity contribution in [3.05, 3.63) is 53.7 Å². The number of hydrogen-bond acceptors (Lipinski definition) is 2. The normalized spacial score (nSPS) is 22.9. The Morgan fingerprint density at radius 3 is 2.55 bits per heavy atom. The molecule has 1 N–H and O–H groups in total. The van der Waals surface area contributed by atoms with E-state index in [0.717, 1.165) is 17.8 Å². The quantitative estimate of drug-likeness (QED) is 0.838. The van der Waals surface area contributed by atoms with Crippen molar-refractivity contribution in [2.24, 2.45) is 11.0 Å². The summed E-state index contributed by atoms with van der Waals surface area (Å²) in [6, 6.07) is 8.89.